The van der Waals surface area contributed by atoms with E-state index in [0.29, 0.717) is 49.4 Å². The van der Waals surface area contributed by atoms with Crippen LogP contribution in [-0.4, -0.2) is 77.5 Å². The lowest BCUT2D eigenvalue weighted by Gasteiger charge is -2.34. The highest BCUT2D eigenvalue weighted by Gasteiger charge is 2.30. The molecule has 3 N–H and O–H groups in total. The van der Waals surface area contributed by atoms with Crippen molar-refractivity contribution < 1.29 is 29.1 Å². The number of carbonyl (C=O) groups excluding carboxylic acids is 2. The van der Waals surface area contributed by atoms with Crippen LogP contribution in [0.25, 0.3) is 11.1 Å². The number of amides is 2. The van der Waals surface area contributed by atoms with Crippen LogP contribution in [0.15, 0.2) is 60.7 Å². The molecular formula is C32H38BN3O6. The smallest absolute Gasteiger partial charge is 0.448 e. The summed E-state index contributed by atoms with van der Waals surface area (Å²) in [4.78, 5) is 29.3. The molecule has 2 amide bonds. The lowest BCUT2D eigenvalue weighted by molar-refractivity contribution is 0.0635. The Bertz CT molecular complexity index is 1420. The molecule has 0 bridgehead atoms. The minimum absolute atomic E-state index is 0.0173. The number of ether oxygens (including phenoxy) is 2. The number of carbonyl (C=O) groups is 2. The zero-order valence-electron chi connectivity index (χ0n) is 24.6. The van der Waals surface area contributed by atoms with Crippen LogP contribution in [0, 0.1) is 6.92 Å². The van der Waals surface area contributed by atoms with E-state index in [2.05, 4.69) is 34.5 Å². The van der Waals surface area contributed by atoms with Crippen molar-refractivity contribution in [1.82, 2.24) is 9.80 Å². The topological polar surface area (TPSA) is 112 Å². The fraction of sp³-hybridized carbons (Fsp3) is 0.375. The number of hydrogen-bond acceptors (Lipinski definition) is 7. The number of rotatable bonds is 6. The average Bonchev–Trinajstić information content (AvgIpc) is 3.26. The van der Waals surface area contributed by atoms with Crippen LogP contribution in [0.2, 0.25) is 0 Å². The van der Waals surface area contributed by atoms with E-state index >= 15 is 0 Å². The van der Waals surface area contributed by atoms with Gasteiger partial charge >= 0.3 is 19.3 Å². The van der Waals surface area contributed by atoms with Crippen molar-refractivity contribution in [3.05, 3.63) is 82.9 Å². The van der Waals surface area contributed by atoms with Crippen molar-refractivity contribution in [3.63, 3.8) is 0 Å². The molecule has 2 aliphatic rings. The second kappa shape index (κ2) is 12.2. The van der Waals surface area contributed by atoms with E-state index < -0.39 is 18.8 Å². The maximum Gasteiger partial charge on any atom is 0.488 e. The quantitative estimate of drug-likeness (QED) is 0.383. The summed E-state index contributed by atoms with van der Waals surface area (Å²) in [5.74, 6) is 0.0173. The second-order valence-corrected chi connectivity index (χ2v) is 11.9. The highest BCUT2D eigenvalue weighted by molar-refractivity contribution is 6.59. The third-order valence-corrected chi connectivity index (χ3v) is 7.79. The van der Waals surface area contributed by atoms with Gasteiger partial charge in [0.15, 0.2) is 0 Å². The van der Waals surface area contributed by atoms with Crippen molar-refractivity contribution in [2.45, 2.75) is 45.8 Å². The molecule has 0 spiro atoms. The van der Waals surface area contributed by atoms with Crippen molar-refractivity contribution >= 4 is 30.5 Å². The first-order valence-electron chi connectivity index (χ1n) is 14.3. The molecule has 3 aromatic rings. The molecule has 1 aliphatic carbocycles. The molecule has 0 saturated carbocycles. The molecule has 220 valence electrons. The molecule has 1 heterocycles. The highest BCUT2D eigenvalue weighted by atomic mass is 16.6. The van der Waals surface area contributed by atoms with Crippen molar-refractivity contribution in [3.8, 4) is 11.1 Å². The Kier molecular flexibility index (Phi) is 8.59. The molecular weight excluding hydrogens is 533 g/mol. The van der Waals surface area contributed by atoms with Crippen molar-refractivity contribution in [2.24, 2.45) is 0 Å². The normalized spacial score (nSPS) is 15.1. The number of benzene rings is 3. The van der Waals surface area contributed by atoms with Gasteiger partial charge in [0, 0.05) is 44.3 Å². The molecule has 0 unspecified atom stereocenters. The molecule has 10 heteroatoms. The zero-order chi connectivity index (χ0) is 30.0. The lowest BCUT2D eigenvalue weighted by atomic mass is 9.76. The molecule has 3 aromatic carbocycles. The zero-order valence-corrected chi connectivity index (χ0v) is 24.6. The Morgan fingerprint density at radius 3 is 2.12 bits per heavy atom. The maximum absolute atomic E-state index is 13.0. The van der Waals surface area contributed by atoms with E-state index in [1.54, 1.807) is 38.7 Å². The van der Waals surface area contributed by atoms with Gasteiger partial charge in [-0.2, -0.15) is 0 Å². The predicted octanol–water partition coefficient (Wildman–Crippen LogP) is 4.09. The third kappa shape index (κ3) is 6.62. The molecule has 0 aromatic heterocycles. The standard InChI is InChI=1S/C32H38BN3O6/c1-21-28(33(39)40)17-22(18-29(21)34-30(37)42-32(2,3)4)19-35-13-15-36(16-14-35)31(38)41-20-27-25-11-7-5-9-23(25)24-10-6-8-12-26(24)27/h5-12,17-18,27,39-40H,13-16,19-20H2,1-4H3,(H,34,37). The first kappa shape index (κ1) is 29.6. The van der Waals surface area contributed by atoms with Crippen molar-refractivity contribution in [1.29, 1.82) is 0 Å². The summed E-state index contributed by atoms with van der Waals surface area (Å²) in [6.45, 7) is 10.1. The van der Waals surface area contributed by atoms with Crippen LogP contribution in [-0.2, 0) is 16.0 Å². The molecule has 5 rings (SSSR count). The molecule has 1 saturated heterocycles. The summed E-state index contributed by atoms with van der Waals surface area (Å²) in [6, 6.07) is 20.1. The predicted molar refractivity (Wildman–Crippen MR) is 163 cm³/mol. The molecule has 0 radical (unpaired) electrons. The highest BCUT2D eigenvalue weighted by Crippen LogP contribution is 2.44. The molecule has 9 nitrogen and oxygen atoms in total. The fourth-order valence-electron chi connectivity index (χ4n) is 5.73. The van der Waals surface area contributed by atoms with Gasteiger partial charge in [0.1, 0.15) is 12.2 Å². The van der Waals surface area contributed by atoms with Gasteiger partial charge in [0.2, 0.25) is 0 Å². The van der Waals surface area contributed by atoms with Gasteiger partial charge < -0.3 is 24.4 Å². The van der Waals surface area contributed by atoms with E-state index in [1.165, 1.54) is 22.3 Å². The van der Waals surface area contributed by atoms with Gasteiger partial charge in [-0.3, -0.25) is 10.2 Å². The lowest BCUT2D eigenvalue weighted by Crippen LogP contribution is -2.48. The van der Waals surface area contributed by atoms with Gasteiger partial charge in [-0.15, -0.1) is 0 Å². The molecule has 0 atom stereocenters. The minimum Gasteiger partial charge on any atom is -0.448 e. The maximum atomic E-state index is 13.0. The number of anilines is 1. The van der Waals surface area contributed by atoms with E-state index in [9.17, 15) is 19.6 Å². The third-order valence-electron chi connectivity index (χ3n) is 7.79. The summed E-state index contributed by atoms with van der Waals surface area (Å²) in [5.41, 5.74) is 6.23. The largest absolute Gasteiger partial charge is 0.488 e. The van der Waals surface area contributed by atoms with Gasteiger partial charge in [-0.25, -0.2) is 9.59 Å². The van der Waals surface area contributed by atoms with Crippen LogP contribution in [0.1, 0.15) is 48.9 Å². The van der Waals surface area contributed by atoms with Gasteiger partial charge in [-0.05, 0) is 72.6 Å². The van der Waals surface area contributed by atoms with Gasteiger partial charge in [-0.1, -0.05) is 54.6 Å². The van der Waals surface area contributed by atoms with Crippen LogP contribution in [0.5, 0.6) is 0 Å². The fourth-order valence-corrected chi connectivity index (χ4v) is 5.73. The van der Waals surface area contributed by atoms with Crippen molar-refractivity contribution in [2.75, 3.05) is 38.1 Å². The van der Waals surface area contributed by atoms with Gasteiger partial charge in [0.25, 0.3) is 0 Å². The summed E-state index contributed by atoms with van der Waals surface area (Å²) < 4.78 is 11.2. The van der Waals surface area contributed by atoms with E-state index in [-0.39, 0.29) is 18.6 Å². The monoisotopic (exact) mass is 571 g/mol. The van der Waals surface area contributed by atoms with Crippen LogP contribution in [0.3, 0.4) is 0 Å². The number of nitrogens with zero attached hydrogens (tertiary/aromatic N) is 2. The van der Waals surface area contributed by atoms with E-state index in [1.807, 2.05) is 30.3 Å². The number of piperazine rings is 1. The first-order valence-corrected chi connectivity index (χ1v) is 14.3. The Morgan fingerprint density at radius 1 is 0.952 bits per heavy atom. The van der Waals surface area contributed by atoms with E-state index in [0.717, 1.165) is 5.56 Å². The number of nitrogens with one attached hydrogen (secondary N) is 1. The Balaban J connectivity index is 1.18. The van der Waals surface area contributed by atoms with Crippen LogP contribution >= 0.6 is 0 Å². The molecule has 42 heavy (non-hydrogen) atoms. The second-order valence-electron chi connectivity index (χ2n) is 11.9. The Morgan fingerprint density at radius 2 is 1.55 bits per heavy atom. The Labute approximate surface area is 247 Å². The summed E-state index contributed by atoms with van der Waals surface area (Å²) in [5, 5.41) is 22.6. The van der Waals surface area contributed by atoms with E-state index in [4.69, 9.17) is 9.47 Å². The van der Waals surface area contributed by atoms with Crippen LogP contribution in [0.4, 0.5) is 15.3 Å². The van der Waals surface area contributed by atoms with Gasteiger partial charge in [0.05, 0.1) is 0 Å². The average molecular weight is 571 g/mol. The van der Waals surface area contributed by atoms with Crippen LogP contribution < -0.4 is 10.8 Å². The number of fused-ring (bicyclic) bond motifs is 3. The SMILES string of the molecule is Cc1c(NC(=O)OC(C)(C)C)cc(CN2CCN(C(=O)OCC3c4ccccc4-c4ccccc43)CC2)cc1B(O)O. The Hall–Kier alpha value is -3.86. The minimum atomic E-state index is -1.69. The summed E-state index contributed by atoms with van der Waals surface area (Å²) >= 11 is 0. The molecule has 1 fully saturated rings. The molecule has 1 aliphatic heterocycles. The first-order chi connectivity index (χ1) is 20.0. The number of hydrogen-bond donors (Lipinski definition) is 3. The summed E-state index contributed by atoms with van der Waals surface area (Å²) in [7, 11) is -1.69. The summed E-state index contributed by atoms with van der Waals surface area (Å²) in [6.07, 6.45) is -0.931.